The van der Waals surface area contributed by atoms with Crippen molar-refractivity contribution >= 4 is 10.0 Å². The lowest BCUT2D eigenvalue weighted by molar-refractivity contribution is 0.378. The summed E-state index contributed by atoms with van der Waals surface area (Å²) in [6.45, 7) is 7.50. The Morgan fingerprint density at radius 3 is 2.63 bits per heavy atom. The van der Waals surface area contributed by atoms with Crippen LogP contribution in [0.3, 0.4) is 0 Å². The molecule has 1 aliphatic rings. The van der Waals surface area contributed by atoms with Gasteiger partial charge in [0.2, 0.25) is 0 Å². The number of nitrogens with one attached hydrogen (secondary N) is 1. The van der Waals surface area contributed by atoms with Crippen molar-refractivity contribution < 1.29 is 13.5 Å². The van der Waals surface area contributed by atoms with Crippen LogP contribution in [0.15, 0.2) is 54.0 Å². The van der Waals surface area contributed by atoms with Gasteiger partial charge in [-0.25, -0.2) is 12.4 Å². The van der Waals surface area contributed by atoms with E-state index in [9.17, 15) is 18.3 Å². The van der Waals surface area contributed by atoms with Gasteiger partial charge in [0.15, 0.2) is 5.75 Å². The maximum absolute atomic E-state index is 13.2. The Morgan fingerprint density at radius 1 is 1.20 bits per heavy atom. The quantitative estimate of drug-likeness (QED) is 0.687. The summed E-state index contributed by atoms with van der Waals surface area (Å²) < 4.78 is 27.0. The Hall–Kier alpha value is -2.38. The van der Waals surface area contributed by atoms with Crippen LogP contribution in [0.4, 0.5) is 0 Å². The molecule has 0 spiro atoms. The number of aromatic nitrogens is 1. The highest BCUT2D eigenvalue weighted by Gasteiger charge is 2.29. The third kappa shape index (κ3) is 4.84. The average molecular weight is 431 g/mol. The van der Waals surface area contributed by atoms with Crippen molar-refractivity contribution in [3.63, 3.8) is 0 Å². The molecule has 6 nitrogen and oxygen atoms in total. The number of aromatic hydroxyl groups is 1. The van der Waals surface area contributed by atoms with E-state index in [1.165, 1.54) is 12.3 Å². The Labute approximate surface area is 178 Å². The van der Waals surface area contributed by atoms with Crippen molar-refractivity contribution in [2.24, 2.45) is 5.92 Å². The molecule has 0 amide bonds. The second-order valence-corrected chi connectivity index (χ2v) is 9.94. The van der Waals surface area contributed by atoms with E-state index in [-0.39, 0.29) is 0 Å². The summed E-state index contributed by atoms with van der Waals surface area (Å²) in [5.74, 6) is -0.133. The van der Waals surface area contributed by atoms with E-state index in [4.69, 9.17) is 0 Å². The van der Waals surface area contributed by atoms with Crippen LogP contribution in [0.25, 0.3) is 0 Å². The zero-order valence-corrected chi connectivity index (χ0v) is 18.2. The molecule has 1 saturated heterocycles. The van der Waals surface area contributed by atoms with Gasteiger partial charge in [0.25, 0.3) is 10.0 Å². The smallest absolute Gasteiger partial charge is 0.306 e. The SMILES string of the molecule is C=CC(c1ccc(C)cc1)S(=O)(=O)n1ccc(CC2CCCCNCC2)c(O)c1=O. The molecule has 2 atom stereocenters. The molecular weight excluding hydrogens is 400 g/mol. The monoisotopic (exact) mass is 430 g/mol. The molecule has 2 unspecified atom stereocenters. The van der Waals surface area contributed by atoms with Crippen LogP contribution in [0.1, 0.15) is 47.6 Å². The van der Waals surface area contributed by atoms with Gasteiger partial charge in [-0.15, -0.1) is 6.58 Å². The van der Waals surface area contributed by atoms with E-state index >= 15 is 0 Å². The van der Waals surface area contributed by atoms with Crippen LogP contribution >= 0.6 is 0 Å². The van der Waals surface area contributed by atoms with Crippen molar-refractivity contribution in [2.45, 2.75) is 44.3 Å². The zero-order valence-electron chi connectivity index (χ0n) is 17.4. The lowest BCUT2D eigenvalue weighted by Crippen LogP contribution is -2.31. The third-order valence-electron chi connectivity index (χ3n) is 5.79. The van der Waals surface area contributed by atoms with Crippen molar-refractivity contribution in [2.75, 3.05) is 13.1 Å². The van der Waals surface area contributed by atoms with Crippen molar-refractivity contribution in [3.8, 4) is 5.75 Å². The van der Waals surface area contributed by atoms with Crippen molar-refractivity contribution in [1.29, 1.82) is 0 Å². The Balaban J connectivity index is 1.90. The molecule has 2 aromatic rings. The van der Waals surface area contributed by atoms with E-state index in [2.05, 4.69) is 11.9 Å². The van der Waals surface area contributed by atoms with Crippen molar-refractivity contribution in [1.82, 2.24) is 9.29 Å². The zero-order chi connectivity index (χ0) is 21.7. The second kappa shape index (κ2) is 9.62. The van der Waals surface area contributed by atoms with E-state index in [1.807, 2.05) is 19.1 Å². The lowest BCUT2D eigenvalue weighted by Gasteiger charge is -2.21. The molecule has 2 N–H and O–H groups in total. The fourth-order valence-electron chi connectivity index (χ4n) is 3.99. The topological polar surface area (TPSA) is 88.4 Å². The number of hydrogen-bond donors (Lipinski definition) is 2. The largest absolute Gasteiger partial charge is 0.503 e. The molecule has 0 saturated carbocycles. The molecule has 0 aliphatic carbocycles. The van der Waals surface area contributed by atoms with Crippen LogP contribution in [0, 0.1) is 12.8 Å². The maximum Gasteiger partial charge on any atom is 0.306 e. The van der Waals surface area contributed by atoms with Gasteiger partial charge in [-0.1, -0.05) is 48.7 Å². The Bertz CT molecular complexity index is 1030. The van der Waals surface area contributed by atoms with Gasteiger partial charge in [-0.2, -0.15) is 0 Å². The first-order valence-corrected chi connectivity index (χ1v) is 11.9. The summed E-state index contributed by atoms with van der Waals surface area (Å²) in [6, 6.07) is 8.60. The minimum absolute atomic E-state index is 0.351. The summed E-state index contributed by atoms with van der Waals surface area (Å²) in [5.41, 5.74) is 1.12. The minimum atomic E-state index is -4.11. The van der Waals surface area contributed by atoms with Crippen LogP contribution in [-0.2, 0) is 16.4 Å². The second-order valence-electron chi connectivity index (χ2n) is 8.01. The van der Waals surface area contributed by atoms with Gasteiger partial charge in [-0.3, -0.25) is 4.79 Å². The van der Waals surface area contributed by atoms with E-state index in [1.54, 1.807) is 18.2 Å². The highest BCUT2D eigenvalue weighted by molar-refractivity contribution is 7.90. The predicted molar refractivity (Wildman–Crippen MR) is 119 cm³/mol. The summed E-state index contributed by atoms with van der Waals surface area (Å²) in [6.07, 6.45) is 7.34. The summed E-state index contributed by atoms with van der Waals surface area (Å²) in [5, 5.41) is 12.8. The lowest BCUT2D eigenvalue weighted by atomic mass is 9.90. The summed E-state index contributed by atoms with van der Waals surface area (Å²) >= 11 is 0. The first-order valence-electron chi connectivity index (χ1n) is 10.4. The standard InChI is InChI=1S/C23H30N2O4S/c1-3-21(19-9-7-17(2)8-10-19)30(28,29)25-15-12-20(22(26)23(25)27)16-18-6-4-5-13-24-14-11-18/h3,7-10,12,15,18,21,24,26H,1,4-6,11,13-14,16H2,2H3. The molecule has 1 aromatic carbocycles. The summed E-state index contributed by atoms with van der Waals surface area (Å²) in [4.78, 5) is 12.8. The first-order chi connectivity index (χ1) is 14.3. The molecule has 0 bridgehead atoms. The van der Waals surface area contributed by atoms with Gasteiger partial charge in [0.1, 0.15) is 5.25 Å². The first kappa shape index (κ1) is 22.3. The third-order valence-corrected chi connectivity index (χ3v) is 7.73. The maximum atomic E-state index is 13.2. The molecule has 7 heteroatoms. The van der Waals surface area contributed by atoms with Gasteiger partial charge in [0.05, 0.1) is 0 Å². The molecule has 1 aliphatic heterocycles. The van der Waals surface area contributed by atoms with E-state index in [0.29, 0.717) is 27.4 Å². The van der Waals surface area contributed by atoms with Gasteiger partial charge >= 0.3 is 5.56 Å². The summed E-state index contributed by atoms with van der Waals surface area (Å²) in [7, 11) is -4.11. The van der Waals surface area contributed by atoms with E-state index < -0.39 is 26.6 Å². The van der Waals surface area contributed by atoms with Gasteiger partial charge in [-0.05, 0) is 56.8 Å². The molecule has 0 radical (unpaired) electrons. The van der Waals surface area contributed by atoms with E-state index in [0.717, 1.165) is 44.3 Å². The molecule has 2 heterocycles. The molecule has 162 valence electrons. The Kier molecular flexibility index (Phi) is 7.15. The van der Waals surface area contributed by atoms with Crippen LogP contribution in [0.5, 0.6) is 5.75 Å². The molecule has 1 fully saturated rings. The minimum Gasteiger partial charge on any atom is -0.503 e. The number of pyridine rings is 1. The van der Waals surface area contributed by atoms with Crippen LogP contribution in [-0.4, -0.2) is 30.6 Å². The number of benzene rings is 1. The number of hydrogen-bond acceptors (Lipinski definition) is 5. The average Bonchev–Trinajstić information content (AvgIpc) is 2.69. The fourth-order valence-corrected chi connectivity index (χ4v) is 5.53. The Morgan fingerprint density at radius 2 is 1.93 bits per heavy atom. The van der Waals surface area contributed by atoms with Crippen LogP contribution in [0.2, 0.25) is 0 Å². The van der Waals surface area contributed by atoms with Gasteiger partial charge < -0.3 is 10.4 Å². The van der Waals surface area contributed by atoms with Crippen molar-refractivity contribution in [3.05, 3.63) is 76.2 Å². The number of nitrogens with zero attached hydrogens (tertiary/aromatic N) is 1. The molecular formula is C23H30N2O4S. The normalized spacial score (nSPS) is 18.9. The molecule has 1 aromatic heterocycles. The highest BCUT2D eigenvalue weighted by atomic mass is 32.2. The predicted octanol–water partition coefficient (Wildman–Crippen LogP) is 3.29. The van der Waals surface area contributed by atoms with Gasteiger partial charge in [0, 0.05) is 11.8 Å². The fraction of sp³-hybridized carbons (Fsp3) is 0.435. The molecule has 30 heavy (non-hydrogen) atoms. The number of aryl methyl sites for hydroxylation is 1. The van der Waals surface area contributed by atoms with Crippen LogP contribution < -0.4 is 10.9 Å². The highest BCUT2D eigenvalue weighted by Crippen LogP contribution is 2.27. The molecule has 3 rings (SSSR count). The number of rotatable bonds is 6.